The molecule has 2 N–H and O–H groups in total. The van der Waals surface area contributed by atoms with Gasteiger partial charge < -0.3 is 15.3 Å². The van der Waals surface area contributed by atoms with Crippen LogP contribution >= 0.6 is 0 Å². The lowest BCUT2D eigenvalue weighted by Crippen LogP contribution is -2.50. The minimum Gasteiger partial charge on any atom is -0.389 e. The van der Waals surface area contributed by atoms with Crippen molar-refractivity contribution < 1.29 is 9.90 Å². The van der Waals surface area contributed by atoms with E-state index in [9.17, 15) is 9.90 Å². The predicted octanol–water partition coefficient (Wildman–Crippen LogP) is 2.78. The number of nitrogens with zero attached hydrogens (tertiary/aromatic N) is 3. The molecule has 1 aliphatic heterocycles. The van der Waals surface area contributed by atoms with Crippen LogP contribution in [0.5, 0.6) is 0 Å². The molecule has 1 amide bonds. The Hall–Kier alpha value is -2.47. The number of hydrogen-bond donors (Lipinski definition) is 2. The van der Waals surface area contributed by atoms with Gasteiger partial charge in [0.1, 0.15) is 11.6 Å². The molecule has 1 aromatic carbocycles. The second kappa shape index (κ2) is 8.11. The molecule has 4 rings (SSSR count). The van der Waals surface area contributed by atoms with Crippen LogP contribution in [0.4, 0.5) is 5.82 Å². The molecule has 154 valence electrons. The van der Waals surface area contributed by atoms with E-state index in [1.165, 1.54) is 0 Å². The van der Waals surface area contributed by atoms with Gasteiger partial charge in [-0.05, 0) is 24.5 Å². The summed E-state index contributed by atoms with van der Waals surface area (Å²) in [5.74, 6) is 1.88. The fourth-order valence-corrected chi connectivity index (χ4v) is 4.62. The van der Waals surface area contributed by atoms with Gasteiger partial charge in [-0.15, -0.1) is 0 Å². The molecule has 1 aromatic heterocycles. The number of hydrogen-bond acceptors (Lipinski definition) is 5. The van der Waals surface area contributed by atoms with Gasteiger partial charge in [0.2, 0.25) is 5.91 Å². The summed E-state index contributed by atoms with van der Waals surface area (Å²) in [6.07, 6.45) is 4.98. The van der Waals surface area contributed by atoms with E-state index >= 15 is 0 Å². The maximum atomic E-state index is 13.4. The molecule has 2 fully saturated rings. The third kappa shape index (κ3) is 3.86. The van der Waals surface area contributed by atoms with Gasteiger partial charge in [-0.3, -0.25) is 4.79 Å². The van der Waals surface area contributed by atoms with Crippen molar-refractivity contribution in [1.29, 1.82) is 0 Å². The molecular weight excluding hydrogens is 364 g/mol. The Labute approximate surface area is 172 Å². The number of benzene rings is 1. The standard InChI is InChI=1S/C23H30N4O2/c1-16(2)21-24-13-10-20(26-21)27-14-18(19(28)15-27)25-22(29)23(11-6-7-12-23)17-8-4-3-5-9-17/h3-5,8-10,13,16,18-19,28H,6-7,11-12,14-15H2,1-2H3,(H,25,29)/t18-,19+/m0/s1. The van der Waals surface area contributed by atoms with E-state index in [1.54, 1.807) is 6.20 Å². The number of anilines is 1. The summed E-state index contributed by atoms with van der Waals surface area (Å²) in [4.78, 5) is 24.4. The normalized spacial score (nSPS) is 23.5. The lowest BCUT2D eigenvalue weighted by Gasteiger charge is -2.30. The second-order valence-corrected chi connectivity index (χ2v) is 8.64. The van der Waals surface area contributed by atoms with Gasteiger partial charge in [-0.2, -0.15) is 0 Å². The third-order valence-corrected chi connectivity index (χ3v) is 6.32. The van der Waals surface area contributed by atoms with Gasteiger partial charge in [0.15, 0.2) is 0 Å². The Morgan fingerprint density at radius 1 is 1.17 bits per heavy atom. The highest BCUT2D eigenvalue weighted by molar-refractivity contribution is 5.89. The first-order valence-corrected chi connectivity index (χ1v) is 10.6. The molecule has 0 bridgehead atoms. The quantitative estimate of drug-likeness (QED) is 0.815. The molecule has 2 aromatic rings. The van der Waals surface area contributed by atoms with Gasteiger partial charge in [-0.25, -0.2) is 9.97 Å². The monoisotopic (exact) mass is 394 g/mol. The number of β-amino-alcohol motifs (C(OH)–C–C–N with tert-alkyl or cyclic N) is 1. The molecule has 0 unspecified atom stereocenters. The van der Waals surface area contributed by atoms with Crippen LogP contribution in [-0.2, 0) is 10.2 Å². The average molecular weight is 395 g/mol. The summed E-state index contributed by atoms with van der Waals surface area (Å²) in [7, 11) is 0. The summed E-state index contributed by atoms with van der Waals surface area (Å²) in [6.45, 7) is 5.13. The van der Waals surface area contributed by atoms with E-state index in [4.69, 9.17) is 0 Å². The number of carbonyl (C=O) groups is 1. The van der Waals surface area contributed by atoms with Crippen LogP contribution < -0.4 is 10.2 Å². The summed E-state index contributed by atoms with van der Waals surface area (Å²) in [5.41, 5.74) is 0.602. The zero-order chi connectivity index (χ0) is 20.4. The third-order valence-electron chi connectivity index (χ3n) is 6.32. The topological polar surface area (TPSA) is 78.4 Å². The average Bonchev–Trinajstić information content (AvgIpc) is 3.37. The van der Waals surface area contributed by atoms with Gasteiger partial charge in [0, 0.05) is 25.2 Å². The van der Waals surface area contributed by atoms with E-state index in [0.717, 1.165) is 42.9 Å². The molecule has 29 heavy (non-hydrogen) atoms. The number of rotatable bonds is 5. The Kier molecular flexibility index (Phi) is 5.54. The van der Waals surface area contributed by atoms with Crippen molar-refractivity contribution in [3.05, 3.63) is 54.0 Å². The van der Waals surface area contributed by atoms with Gasteiger partial charge >= 0.3 is 0 Å². The second-order valence-electron chi connectivity index (χ2n) is 8.64. The largest absolute Gasteiger partial charge is 0.389 e. The molecule has 2 aliphatic rings. The van der Waals surface area contributed by atoms with Crippen molar-refractivity contribution in [3.63, 3.8) is 0 Å². The first-order chi connectivity index (χ1) is 14.0. The highest BCUT2D eigenvalue weighted by atomic mass is 16.3. The smallest absolute Gasteiger partial charge is 0.231 e. The van der Waals surface area contributed by atoms with Crippen LogP contribution in [0.2, 0.25) is 0 Å². The van der Waals surface area contributed by atoms with Crippen LogP contribution in [-0.4, -0.2) is 46.2 Å². The highest BCUT2D eigenvalue weighted by Crippen LogP contribution is 2.41. The summed E-state index contributed by atoms with van der Waals surface area (Å²) < 4.78 is 0. The highest BCUT2D eigenvalue weighted by Gasteiger charge is 2.44. The molecule has 6 nitrogen and oxygen atoms in total. The van der Waals surface area contributed by atoms with E-state index < -0.39 is 11.5 Å². The van der Waals surface area contributed by atoms with Crippen molar-refractivity contribution in [2.45, 2.75) is 63.0 Å². The molecule has 2 heterocycles. The summed E-state index contributed by atoms with van der Waals surface area (Å²) in [6, 6.07) is 11.6. The van der Waals surface area contributed by atoms with Crippen LogP contribution in [0, 0.1) is 0 Å². The zero-order valence-corrected chi connectivity index (χ0v) is 17.2. The van der Waals surface area contributed by atoms with Gasteiger partial charge in [-0.1, -0.05) is 57.0 Å². The molecule has 0 spiro atoms. The number of aromatic nitrogens is 2. The molecule has 1 aliphatic carbocycles. The molecule has 6 heteroatoms. The summed E-state index contributed by atoms with van der Waals surface area (Å²) in [5, 5.41) is 13.8. The predicted molar refractivity (Wildman–Crippen MR) is 113 cm³/mol. The van der Waals surface area contributed by atoms with Crippen LogP contribution in [0.3, 0.4) is 0 Å². The first kappa shape index (κ1) is 19.8. The van der Waals surface area contributed by atoms with Crippen LogP contribution in [0.15, 0.2) is 42.6 Å². The van der Waals surface area contributed by atoms with E-state index in [-0.39, 0.29) is 17.9 Å². The van der Waals surface area contributed by atoms with Crippen molar-refractivity contribution in [3.8, 4) is 0 Å². The minimum atomic E-state index is -0.620. The van der Waals surface area contributed by atoms with Gasteiger partial charge in [0.25, 0.3) is 0 Å². The molecule has 0 radical (unpaired) electrons. The maximum Gasteiger partial charge on any atom is 0.231 e. The summed E-state index contributed by atoms with van der Waals surface area (Å²) >= 11 is 0. The number of aliphatic hydroxyl groups is 1. The number of amides is 1. The minimum absolute atomic E-state index is 0.0395. The Morgan fingerprint density at radius 3 is 2.59 bits per heavy atom. The lowest BCUT2D eigenvalue weighted by molar-refractivity contribution is -0.127. The number of aliphatic hydroxyl groups excluding tert-OH is 1. The van der Waals surface area contributed by atoms with Crippen LogP contribution in [0.1, 0.15) is 56.8 Å². The Morgan fingerprint density at radius 2 is 1.90 bits per heavy atom. The zero-order valence-electron chi connectivity index (χ0n) is 17.2. The lowest BCUT2D eigenvalue weighted by atomic mass is 9.78. The van der Waals surface area contributed by atoms with Crippen molar-refractivity contribution >= 4 is 11.7 Å². The maximum absolute atomic E-state index is 13.4. The Bertz CT molecular complexity index is 849. The fourth-order valence-electron chi connectivity index (χ4n) is 4.62. The SMILES string of the molecule is CC(C)c1nccc(N2C[C@@H](O)[C@@H](NC(=O)C3(c4ccccc4)CCCC3)C2)n1. The number of carbonyl (C=O) groups excluding carboxylic acids is 1. The van der Waals surface area contributed by atoms with Crippen LogP contribution in [0.25, 0.3) is 0 Å². The molecule has 1 saturated carbocycles. The molecule has 1 saturated heterocycles. The number of nitrogens with one attached hydrogen (secondary N) is 1. The Balaban J connectivity index is 1.49. The van der Waals surface area contributed by atoms with Gasteiger partial charge in [0.05, 0.1) is 17.6 Å². The molecule has 2 atom stereocenters. The first-order valence-electron chi connectivity index (χ1n) is 10.6. The van der Waals surface area contributed by atoms with Crippen molar-refractivity contribution in [2.24, 2.45) is 0 Å². The fraction of sp³-hybridized carbons (Fsp3) is 0.522. The van der Waals surface area contributed by atoms with Crippen molar-refractivity contribution in [1.82, 2.24) is 15.3 Å². The van der Waals surface area contributed by atoms with E-state index in [2.05, 4.69) is 41.3 Å². The van der Waals surface area contributed by atoms with E-state index in [1.807, 2.05) is 29.2 Å². The molecular formula is C23H30N4O2. The van der Waals surface area contributed by atoms with E-state index in [0.29, 0.717) is 13.1 Å². The van der Waals surface area contributed by atoms with Crippen molar-refractivity contribution in [2.75, 3.05) is 18.0 Å².